The van der Waals surface area contributed by atoms with Gasteiger partial charge in [-0.25, -0.2) is 0 Å². The Kier molecular flexibility index (Phi) is 29.0. The normalized spacial score (nSPS) is 15.2. The van der Waals surface area contributed by atoms with Crippen LogP contribution in [0.25, 0.3) is 0 Å². The molecule has 1 heteroatoms. The number of unbranched alkanes of at least 4 members (excludes halogenated alkanes) is 24. The Labute approximate surface area is 261 Å². The van der Waals surface area contributed by atoms with Gasteiger partial charge in [0.2, 0.25) is 0 Å². The first-order valence-corrected chi connectivity index (χ1v) is 19.5. The molecule has 0 amide bonds. The Morgan fingerprint density at radius 2 is 0.610 bits per heavy atom. The molecular formula is C40H78N+. The van der Waals surface area contributed by atoms with E-state index in [4.69, 9.17) is 0 Å². The number of allylic oxidation sites excluding steroid dienone is 4. The Morgan fingerprint density at radius 3 is 0.927 bits per heavy atom. The van der Waals surface area contributed by atoms with Crippen molar-refractivity contribution >= 4 is 0 Å². The number of rotatable bonds is 32. The fourth-order valence-electron chi connectivity index (χ4n) is 6.95. The lowest BCUT2D eigenvalue weighted by Gasteiger charge is -2.34. The predicted octanol–water partition coefficient (Wildman–Crippen LogP) is 13.7. The molecule has 1 aliphatic rings. The molecule has 1 rings (SSSR count). The SMILES string of the molecule is CCCCCCCC/C=C\CCCCCCCC[N+]1(CCCCCCCC/C=C\CCCCCCCC)CCCC1. The Balaban J connectivity index is 1.90. The van der Waals surface area contributed by atoms with Gasteiger partial charge in [0, 0.05) is 12.8 Å². The Bertz CT molecular complexity index is 511. The van der Waals surface area contributed by atoms with Gasteiger partial charge < -0.3 is 4.48 Å². The first-order valence-electron chi connectivity index (χ1n) is 19.5. The van der Waals surface area contributed by atoms with E-state index < -0.39 is 0 Å². The van der Waals surface area contributed by atoms with Crippen molar-refractivity contribution in [1.82, 2.24) is 0 Å². The van der Waals surface area contributed by atoms with Crippen LogP contribution >= 0.6 is 0 Å². The minimum Gasteiger partial charge on any atom is -0.324 e. The van der Waals surface area contributed by atoms with Crippen LogP contribution in [0.1, 0.15) is 206 Å². The second-order valence-electron chi connectivity index (χ2n) is 13.8. The summed E-state index contributed by atoms with van der Waals surface area (Å²) in [7, 11) is 0. The average molecular weight is 573 g/mol. The molecule has 1 nitrogen and oxygen atoms in total. The van der Waals surface area contributed by atoms with Crippen LogP contribution in [0.5, 0.6) is 0 Å². The molecule has 0 aromatic carbocycles. The third-order valence-corrected chi connectivity index (χ3v) is 9.80. The number of nitrogens with zero attached hydrogens (tertiary/aromatic N) is 1. The van der Waals surface area contributed by atoms with Crippen LogP contribution in [-0.2, 0) is 0 Å². The molecule has 1 aliphatic heterocycles. The first-order chi connectivity index (χ1) is 20.3. The molecule has 0 spiro atoms. The van der Waals surface area contributed by atoms with Crippen molar-refractivity contribution in [3.63, 3.8) is 0 Å². The number of hydrogen-bond acceptors (Lipinski definition) is 0. The van der Waals surface area contributed by atoms with Crippen LogP contribution < -0.4 is 0 Å². The quantitative estimate of drug-likeness (QED) is 0.0427. The minimum absolute atomic E-state index is 1.31. The molecule has 0 aromatic rings. The van der Waals surface area contributed by atoms with Gasteiger partial charge in [0.05, 0.1) is 26.2 Å². The predicted molar refractivity (Wildman–Crippen MR) is 188 cm³/mol. The summed E-state index contributed by atoms with van der Waals surface area (Å²) in [5.41, 5.74) is 0. The largest absolute Gasteiger partial charge is 0.324 e. The highest BCUT2D eigenvalue weighted by Gasteiger charge is 2.30. The Morgan fingerprint density at radius 1 is 0.341 bits per heavy atom. The molecule has 1 fully saturated rings. The van der Waals surface area contributed by atoms with E-state index in [1.807, 2.05) is 0 Å². The smallest absolute Gasteiger partial charge is 0.0788 e. The van der Waals surface area contributed by atoms with Crippen molar-refractivity contribution in [2.75, 3.05) is 26.2 Å². The van der Waals surface area contributed by atoms with Gasteiger partial charge in [0.25, 0.3) is 0 Å². The number of likely N-dealkylation sites (tertiary alicyclic amines) is 1. The van der Waals surface area contributed by atoms with Crippen LogP contribution in [-0.4, -0.2) is 30.7 Å². The molecule has 0 N–H and O–H groups in total. The van der Waals surface area contributed by atoms with Gasteiger partial charge in [-0.15, -0.1) is 0 Å². The highest BCUT2D eigenvalue weighted by atomic mass is 15.4. The zero-order valence-corrected chi connectivity index (χ0v) is 28.8. The summed E-state index contributed by atoms with van der Waals surface area (Å²) in [6, 6.07) is 0. The lowest BCUT2D eigenvalue weighted by atomic mass is 10.1. The maximum atomic E-state index is 2.46. The summed E-state index contributed by atoms with van der Waals surface area (Å²) < 4.78 is 1.48. The van der Waals surface area contributed by atoms with E-state index in [2.05, 4.69) is 38.2 Å². The summed E-state index contributed by atoms with van der Waals surface area (Å²) in [6.07, 6.45) is 52.5. The molecule has 0 radical (unpaired) electrons. The second kappa shape index (κ2) is 30.9. The molecule has 41 heavy (non-hydrogen) atoms. The van der Waals surface area contributed by atoms with Crippen molar-refractivity contribution in [2.24, 2.45) is 0 Å². The van der Waals surface area contributed by atoms with Crippen LogP contribution in [0.4, 0.5) is 0 Å². The van der Waals surface area contributed by atoms with Gasteiger partial charge in [-0.2, -0.15) is 0 Å². The fourth-order valence-corrected chi connectivity index (χ4v) is 6.95. The van der Waals surface area contributed by atoms with Crippen molar-refractivity contribution in [2.45, 2.75) is 206 Å². The molecule has 0 aromatic heterocycles. The highest BCUT2D eigenvalue weighted by molar-refractivity contribution is 4.82. The van der Waals surface area contributed by atoms with E-state index in [1.165, 1.54) is 223 Å². The molecule has 0 atom stereocenters. The summed E-state index contributed by atoms with van der Waals surface area (Å²) in [6.45, 7) is 10.5. The first kappa shape index (κ1) is 38.5. The molecule has 0 saturated carbocycles. The summed E-state index contributed by atoms with van der Waals surface area (Å²) in [5, 5.41) is 0. The summed E-state index contributed by atoms with van der Waals surface area (Å²) in [5.74, 6) is 0. The van der Waals surface area contributed by atoms with Crippen molar-refractivity contribution in [3.05, 3.63) is 24.3 Å². The topological polar surface area (TPSA) is 0 Å². The van der Waals surface area contributed by atoms with Crippen molar-refractivity contribution in [1.29, 1.82) is 0 Å². The molecule has 0 unspecified atom stereocenters. The van der Waals surface area contributed by atoms with E-state index in [1.54, 1.807) is 0 Å². The summed E-state index contributed by atoms with van der Waals surface area (Å²) >= 11 is 0. The molecule has 1 heterocycles. The van der Waals surface area contributed by atoms with E-state index in [-0.39, 0.29) is 0 Å². The van der Waals surface area contributed by atoms with Crippen molar-refractivity contribution in [3.8, 4) is 0 Å². The van der Waals surface area contributed by atoms with Crippen LogP contribution in [0.2, 0.25) is 0 Å². The lowest BCUT2D eigenvalue weighted by Crippen LogP contribution is -2.46. The average Bonchev–Trinajstić information content (AvgIpc) is 3.45. The third-order valence-electron chi connectivity index (χ3n) is 9.80. The van der Waals surface area contributed by atoms with Crippen molar-refractivity contribution < 1.29 is 4.48 Å². The maximum absolute atomic E-state index is 2.46. The fraction of sp³-hybridized carbons (Fsp3) is 0.900. The molecule has 242 valence electrons. The van der Waals surface area contributed by atoms with Gasteiger partial charge in [-0.3, -0.25) is 0 Å². The summed E-state index contributed by atoms with van der Waals surface area (Å²) in [4.78, 5) is 0. The highest BCUT2D eigenvalue weighted by Crippen LogP contribution is 2.23. The molecule has 0 aliphatic carbocycles. The number of hydrogen-bond donors (Lipinski definition) is 0. The van der Waals surface area contributed by atoms with Gasteiger partial charge in [-0.1, -0.05) is 141 Å². The Hall–Kier alpha value is -0.560. The number of quaternary nitrogens is 1. The van der Waals surface area contributed by atoms with Gasteiger partial charge in [-0.05, 0) is 77.0 Å². The van der Waals surface area contributed by atoms with E-state index in [0.29, 0.717) is 0 Å². The second-order valence-corrected chi connectivity index (χ2v) is 13.8. The lowest BCUT2D eigenvalue weighted by molar-refractivity contribution is -0.917. The monoisotopic (exact) mass is 573 g/mol. The standard InChI is InChI=1S/C40H78N/c1-3-5-7-9-11-13-15-17-19-21-23-25-27-29-31-33-37-41(39-35-36-40-41)38-34-32-30-28-26-24-22-20-18-16-14-12-10-8-6-4-2/h17-20H,3-16,21-40H2,1-2H3/q+1/b19-17-,20-18-. The third kappa shape index (κ3) is 25.6. The molecule has 0 bridgehead atoms. The van der Waals surface area contributed by atoms with E-state index in [9.17, 15) is 0 Å². The van der Waals surface area contributed by atoms with E-state index >= 15 is 0 Å². The van der Waals surface area contributed by atoms with Crippen LogP contribution in [0.3, 0.4) is 0 Å². The maximum Gasteiger partial charge on any atom is 0.0788 e. The van der Waals surface area contributed by atoms with Gasteiger partial charge in [0.15, 0.2) is 0 Å². The van der Waals surface area contributed by atoms with Gasteiger partial charge in [0.1, 0.15) is 0 Å². The van der Waals surface area contributed by atoms with Crippen LogP contribution in [0.15, 0.2) is 24.3 Å². The van der Waals surface area contributed by atoms with E-state index in [0.717, 1.165) is 0 Å². The zero-order valence-electron chi connectivity index (χ0n) is 28.8. The van der Waals surface area contributed by atoms with Gasteiger partial charge >= 0.3 is 0 Å². The minimum atomic E-state index is 1.31. The molecular weight excluding hydrogens is 494 g/mol. The van der Waals surface area contributed by atoms with Crippen LogP contribution in [0, 0.1) is 0 Å². The molecule has 1 saturated heterocycles. The zero-order chi connectivity index (χ0) is 29.4.